The number of thiophene rings is 1. The number of hydrogen-bond acceptors (Lipinski definition) is 3. The summed E-state index contributed by atoms with van der Waals surface area (Å²) in [6, 6.07) is 3.74. The first-order valence-electron chi connectivity index (χ1n) is 4.93. The second-order valence-corrected chi connectivity index (χ2v) is 4.57. The smallest absolute Gasteiger partial charge is 0.261 e. The van der Waals surface area contributed by atoms with Crippen LogP contribution in [0.15, 0.2) is 29.7 Å². The molecule has 2 atom stereocenters. The van der Waals surface area contributed by atoms with E-state index in [2.05, 4.69) is 5.32 Å². The molecular formula is C11H13NO2S. The number of nitrogens with one attached hydrogen (secondary N) is 1. The topological polar surface area (TPSA) is 49.3 Å². The fourth-order valence-corrected chi connectivity index (χ4v) is 2.29. The van der Waals surface area contributed by atoms with Gasteiger partial charge in [0, 0.05) is 18.6 Å². The fourth-order valence-electron chi connectivity index (χ4n) is 1.66. The molecule has 0 saturated heterocycles. The maximum atomic E-state index is 11.7. The number of amides is 1. The van der Waals surface area contributed by atoms with Crippen LogP contribution in [0.4, 0.5) is 0 Å². The lowest BCUT2D eigenvalue weighted by Gasteiger charge is -2.11. The van der Waals surface area contributed by atoms with Gasteiger partial charge in [-0.15, -0.1) is 11.3 Å². The lowest BCUT2D eigenvalue weighted by Crippen LogP contribution is -2.32. The van der Waals surface area contributed by atoms with Gasteiger partial charge in [0.15, 0.2) is 0 Å². The molecule has 1 aliphatic rings. The molecule has 0 fully saturated rings. The van der Waals surface area contributed by atoms with Gasteiger partial charge >= 0.3 is 0 Å². The SMILES string of the molecule is O=C(N[C@@H]1C=C[C@H](CO)C1)c1cccs1. The number of aliphatic hydroxyl groups is 1. The molecule has 0 aliphatic heterocycles. The van der Waals surface area contributed by atoms with Crippen LogP contribution in [0.2, 0.25) is 0 Å². The highest BCUT2D eigenvalue weighted by Crippen LogP contribution is 2.18. The Labute approximate surface area is 92.4 Å². The molecular weight excluding hydrogens is 210 g/mol. The van der Waals surface area contributed by atoms with Crippen LogP contribution in [0.5, 0.6) is 0 Å². The van der Waals surface area contributed by atoms with Crippen LogP contribution in [0.3, 0.4) is 0 Å². The summed E-state index contributed by atoms with van der Waals surface area (Å²) in [6.07, 6.45) is 4.71. The number of hydrogen-bond donors (Lipinski definition) is 2. The third kappa shape index (κ3) is 2.46. The van der Waals surface area contributed by atoms with E-state index in [0.717, 1.165) is 11.3 Å². The Balaban J connectivity index is 1.89. The van der Waals surface area contributed by atoms with Crippen molar-refractivity contribution in [1.82, 2.24) is 5.32 Å². The minimum atomic E-state index is -0.0294. The van der Waals surface area contributed by atoms with Crippen LogP contribution in [0, 0.1) is 5.92 Å². The van der Waals surface area contributed by atoms with Gasteiger partial charge in [-0.1, -0.05) is 18.2 Å². The Morgan fingerprint density at radius 3 is 3.07 bits per heavy atom. The molecule has 1 aliphatic carbocycles. The van der Waals surface area contributed by atoms with Crippen LogP contribution >= 0.6 is 11.3 Å². The molecule has 2 N–H and O–H groups in total. The van der Waals surface area contributed by atoms with Gasteiger partial charge in [0.25, 0.3) is 5.91 Å². The molecule has 1 amide bonds. The third-order valence-corrected chi connectivity index (χ3v) is 3.34. The van der Waals surface area contributed by atoms with Crippen molar-refractivity contribution >= 4 is 17.2 Å². The Morgan fingerprint density at radius 1 is 1.60 bits per heavy atom. The lowest BCUT2D eigenvalue weighted by molar-refractivity contribution is 0.0945. The van der Waals surface area contributed by atoms with Crippen molar-refractivity contribution < 1.29 is 9.90 Å². The summed E-state index contributed by atoms with van der Waals surface area (Å²) in [4.78, 5) is 12.4. The van der Waals surface area contributed by atoms with Crippen LogP contribution in [0.1, 0.15) is 16.1 Å². The molecule has 0 unspecified atom stereocenters. The van der Waals surface area contributed by atoms with Gasteiger partial charge in [-0.05, 0) is 17.9 Å². The summed E-state index contributed by atoms with van der Waals surface area (Å²) >= 11 is 1.44. The van der Waals surface area contributed by atoms with Crippen molar-refractivity contribution in [1.29, 1.82) is 0 Å². The van der Waals surface area contributed by atoms with E-state index in [-0.39, 0.29) is 24.5 Å². The van der Waals surface area contributed by atoms with Crippen molar-refractivity contribution in [3.05, 3.63) is 34.5 Å². The quantitative estimate of drug-likeness (QED) is 0.761. The summed E-state index contributed by atoms with van der Waals surface area (Å²) in [7, 11) is 0. The average Bonchev–Trinajstić information content (AvgIpc) is 2.87. The van der Waals surface area contributed by atoms with Crippen LogP contribution in [-0.2, 0) is 0 Å². The second kappa shape index (κ2) is 4.59. The third-order valence-electron chi connectivity index (χ3n) is 2.47. The molecule has 0 saturated carbocycles. The standard InChI is InChI=1S/C11H13NO2S/c13-7-8-3-4-9(6-8)12-11(14)10-2-1-5-15-10/h1-5,8-9,13H,6-7H2,(H,12,14)/t8-,9+/m0/s1. The zero-order valence-corrected chi connectivity index (χ0v) is 9.04. The number of carbonyl (C=O) groups is 1. The van der Waals surface area contributed by atoms with E-state index >= 15 is 0 Å². The van der Waals surface area contributed by atoms with Gasteiger partial charge in [0.2, 0.25) is 0 Å². The van der Waals surface area contributed by atoms with Gasteiger partial charge in [-0.3, -0.25) is 4.79 Å². The van der Waals surface area contributed by atoms with Crippen molar-refractivity contribution in [2.75, 3.05) is 6.61 Å². The first-order valence-corrected chi connectivity index (χ1v) is 5.81. The maximum absolute atomic E-state index is 11.7. The van der Waals surface area contributed by atoms with E-state index in [1.54, 1.807) is 0 Å². The number of carbonyl (C=O) groups excluding carboxylic acids is 1. The Morgan fingerprint density at radius 2 is 2.47 bits per heavy atom. The molecule has 1 heterocycles. The highest BCUT2D eigenvalue weighted by atomic mass is 32.1. The minimum Gasteiger partial charge on any atom is -0.396 e. The Bertz CT molecular complexity index is 359. The summed E-state index contributed by atoms with van der Waals surface area (Å²) in [5.41, 5.74) is 0. The molecule has 1 aromatic heterocycles. The molecule has 1 aromatic rings. The number of rotatable bonds is 3. The summed E-state index contributed by atoms with van der Waals surface area (Å²) in [5.74, 6) is 0.164. The predicted molar refractivity (Wildman–Crippen MR) is 59.9 cm³/mol. The fraction of sp³-hybridized carbons (Fsp3) is 0.364. The highest BCUT2D eigenvalue weighted by molar-refractivity contribution is 7.12. The Kier molecular flexibility index (Phi) is 3.18. The van der Waals surface area contributed by atoms with E-state index in [4.69, 9.17) is 5.11 Å². The summed E-state index contributed by atoms with van der Waals surface area (Å²) < 4.78 is 0. The van der Waals surface area contributed by atoms with Crippen LogP contribution in [0.25, 0.3) is 0 Å². The molecule has 0 bridgehead atoms. The second-order valence-electron chi connectivity index (χ2n) is 3.62. The van der Waals surface area contributed by atoms with Gasteiger partial charge in [0.05, 0.1) is 4.88 Å². The van der Waals surface area contributed by atoms with Crippen LogP contribution < -0.4 is 5.32 Å². The molecule has 0 spiro atoms. The van der Waals surface area contributed by atoms with Gasteiger partial charge < -0.3 is 10.4 Å². The van der Waals surface area contributed by atoms with Gasteiger partial charge in [-0.2, -0.15) is 0 Å². The molecule has 15 heavy (non-hydrogen) atoms. The highest BCUT2D eigenvalue weighted by Gasteiger charge is 2.20. The maximum Gasteiger partial charge on any atom is 0.261 e. The monoisotopic (exact) mass is 223 g/mol. The zero-order chi connectivity index (χ0) is 10.7. The zero-order valence-electron chi connectivity index (χ0n) is 8.22. The first kappa shape index (κ1) is 10.4. The van der Waals surface area contributed by atoms with Crippen molar-refractivity contribution in [3.8, 4) is 0 Å². The van der Waals surface area contributed by atoms with E-state index in [1.807, 2.05) is 29.7 Å². The van der Waals surface area contributed by atoms with Crippen molar-refractivity contribution in [2.24, 2.45) is 5.92 Å². The van der Waals surface area contributed by atoms with E-state index in [9.17, 15) is 4.79 Å². The summed E-state index contributed by atoms with van der Waals surface area (Å²) in [5, 5.41) is 13.7. The average molecular weight is 223 g/mol. The normalized spacial score (nSPS) is 24.3. The molecule has 80 valence electrons. The molecule has 2 rings (SSSR count). The Hall–Kier alpha value is -1.13. The van der Waals surface area contributed by atoms with Crippen molar-refractivity contribution in [2.45, 2.75) is 12.5 Å². The van der Waals surface area contributed by atoms with E-state index in [1.165, 1.54) is 11.3 Å². The van der Waals surface area contributed by atoms with Crippen LogP contribution in [-0.4, -0.2) is 23.7 Å². The van der Waals surface area contributed by atoms with Gasteiger partial charge in [0.1, 0.15) is 0 Å². The predicted octanol–water partition coefficient (Wildman–Crippen LogP) is 1.41. The molecule has 0 radical (unpaired) electrons. The van der Waals surface area contributed by atoms with Gasteiger partial charge in [-0.25, -0.2) is 0 Å². The minimum absolute atomic E-state index is 0.0294. The lowest BCUT2D eigenvalue weighted by atomic mass is 10.1. The van der Waals surface area contributed by atoms with Crippen molar-refractivity contribution in [3.63, 3.8) is 0 Å². The summed E-state index contributed by atoms with van der Waals surface area (Å²) in [6.45, 7) is 0.155. The van der Waals surface area contributed by atoms with E-state index in [0.29, 0.717) is 0 Å². The first-order chi connectivity index (χ1) is 7.29. The molecule has 4 heteroatoms. The largest absolute Gasteiger partial charge is 0.396 e. The molecule has 3 nitrogen and oxygen atoms in total. The number of aliphatic hydroxyl groups excluding tert-OH is 1. The van der Waals surface area contributed by atoms with E-state index < -0.39 is 0 Å². The molecule has 0 aromatic carbocycles.